The van der Waals surface area contributed by atoms with Crippen molar-refractivity contribution in [3.63, 3.8) is 0 Å². The summed E-state index contributed by atoms with van der Waals surface area (Å²) in [6.45, 7) is 0. The molecule has 40 heavy (non-hydrogen) atoms. The van der Waals surface area contributed by atoms with Gasteiger partial charge in [0.1, 0.15) is 0 Å². The van der Waals surface area contributed by atoms with Crippen molar-refractivity contribution in [2.24, 2.45) is 0 Å². The van der Waals surface area contributed by atoms with Crippen LogP contribution in [0.25, 0.3) is 21.8 Å². The van der Waals surface area contributed by atoms with Crippen LogP contribution in [0.4, 0.5) is 26.3 Å². The van der Waals surface area contributed by atoms with Gasteiger partial charge in [-0.15, -0.1) is 0 Å². The molecule has 0 radical (unpaired) electrons. The fourth-order valence-electron chi connectivity index (χ4n) is 4.52. The summed E-state index contributed by atoms with van der Waals surface area (Å²) in [6, 6.07) is 30.4. The number of rotatable bonds is 4. The van der Waals surface area contributed by atoms with Crippen molar-refractivity contribution in [1.29, 1.82) is 0 Å². The quantitative estimate of drug-likeness (QED) is 0.205. The number of benzene rings is 4. The SMILES string of the molecule is FC(F)(F)c1ccc(Cc2cc3ccccc3[nH]2)cc1.FC(F)(F)c1ccc(Cc2cc3ccccc3[nH]2)cc1. The minimum atomic E-state index is -4.28. The molecule has 2 heterocycles. The Bertz CT molecular complexity index is 1510. The summed E-state index contributed by atoms with van der Waals surface area (Å²) in [4.78, 5) is 6.53. The summed E-state index contributed by atoms with van der Waals surface area (Å²) in [5.41, 5.74) is 4.53. The third kappa shape index (κ3) is 6.57. The van der Waals surface area contributed by atoms with Crippen LogP contribution in [0, 0.1) is 0 Å². The van der Waals surface area contributed by atoms with E-state index in [9.17, 15) is 26.3 Å². The molecule has 0 aliphatic heterocycles. The maximum atomic E-state index is 12.5. The number of H-pyrrole nitrogens is 2. The van der Waals surface area contributed by atoms with Gasteiger partial charge in [-0.2, -0.15) is 26.3 Å². The zero-order valence-corrected chi connectivity index (χ0v) is 21.1. The van der Waals surface area contributed by atoms with Gasteiger partial charge in [-0.25, -0.2) is 0 Å². The van der Waals surface area contributed by atoms with E-state index < -0.39 is 23.5 Å². The number of hydrogen-bond acceptors (Lipinski definition) is 0. The highest BCUT2D eigenvalue weighted by atomic mass is 19.4. The molecule has 0 amide bonds. The van der Waals surface area contributed by atoms with Gasteiger partial charge in [0.15, 0.2) is 0 Å². The van der Waals surface area contributed by atoms with E-state index in [1.54, 1.807) is 0 Å². The normalized spacial score (nSPS) is 11.9. The number of halogens is 6. The van der Waals surface area contributed by atoms with E-state index >= 15 is 0 Å². The minimum absolute atomic E-state index is 0.590. The van der Waals surface area contributed by atoms with E-state index in [2.05, 4.69) is 9.97 Å². The van der Waals surface area contributed by atoms with Crippen LogP contribution >= 0.6 is 0 Å². The maximum Gasteiger partial charge on any atom is 0.416 e. The predicted octanol–water partition coefficient (Wildman–Crippen LogP) is 9.55. The maximum absolute atomic E-state index is 12.5. The van der Waals surface area contributed by atoms with Gasteiger partial charge >= 0.3 is 12.4 Å². The van der Waals surface area contributed by atoms with Crippen LogP contribution < -0.4 is 0 Å². The molecule has 6 rings (SSSR count). The molecule has 204 valence electrons. The van der Waals surface area contributed by atoms with E-state index in [1.807, 2.05) is 60.7 Å². The first kappa shape index (κ1) is 27.1. The number of nitrogens with one attached hydrogen (secondary N) is 2. The first-order chi connectivity index (χ1) is 19.0. The zero-order valence-electron chi connectivity index (χ0n) is 21.1. The van der Waals surface area contributed by atoms with Crippen LogP contribution in [0.5, 0.6) is 0 Å². The van der Waals surface area contributed by atoms with Crippen LogP contribution in [0.3, 0.4) is 0 Å². The van der Waals surface area contributed by atoms with E-state index in [1.165, 1.54) is 24.3 Å². The first-order valence-corrected chi connectivity index (χ1v) is 12.5. The van der Waals surface area contributed by atoms with Crippen molar-refractivity contribution in [3.8, 4) is 0 Å². The number of para-hydroxylation sites is 2. The monoisotopic (exact) mass is 550 g/mol. The molecule has 4 aromatic carbocycles. The van der Waals surface area contributed by atoms with Crippen molar-refractivity contribution in [2.75, 3.05) is 0 Å². The van der Waals surface area contributed by atoms with Crippen LogP contribution in [-0.2, 0) is 25.2 Å². The van der Waals surface area contributed by atoms with Gasteiger partial charge in [0.25, 0.3) is 0 Å². The molecular formula is C32H24F6N2. The fraction of sp³-hybridized carbons (Fsp3) is 0.125. The third-order valence-corrected chi connectivity index (χ3v) is 6.52. The average Bonchev–Trinajstić information content (AvgIpc) is 3.51. The smallest absolute Gasteiger partial charge is 0.358 e. The predicted molar refractivity (Wildman–Crippen MR) is 145 cm³/mol. The Labute approximate surface area is 226 Å². The van der Waals surface area contributed by atoms with Gasteiger partial charge in [0, 0.05) is 35.3 Å². The lowest BCUT2D eigenvalue weighted by Crippen LogP contribution is -2.04. The van der Waals surface area contributed by atoms with Crippen molar-refractivity contribution < 1.29 is 26.3 Å². The molecule has 2 N–H and O–H groups in total. The standard InChI is InChI=1S/2C16H12F3N/c2*17-16(18,19)13-7-5-11(6-8-13)9-14-10-12-3-1-2-4-15(12)20-14/h2*1-8,10,20H,9H2. The molecule has 0 unspecified atom stereocenters. The largest absolute Gasteiger partial charge is 0.416 e. The second-order valence-corrected chi connectivity index (χ2v) is 9.51. The highest BCUT2D eigenvalue weighted by molar-refractivity contribution is 5.81. The Hall–Kier alpha value is -4.46. The van der Waals surface area contributed by atoms with E-state index in [0.717, 1.165) is 68.6 Å². The molecule has 0 saturated heterocycles. The molecule has 0 saturated carbocycles. The van der Waals surface area contributed by atoms with Gasteiger partial charge in [-0.3, -0.25) is 0 Å². The van der Waals surface area contributed by atoms with Gasteiger partial charge < -0.3 is 9.97 Å². The van der Waals surface area contributed by atoms with Crippen molar-refractivity contribution in [1.82, 2.24) is 9.97 Å². The Balaban J connectivity index is 0.000000161. The van der Waals surface area contributed by atoms with Crippen LogP contribution in [0.2, 0.25) is 0 Å². The Kier molecular flexibility index (Phi) is 7.43. The molecule has 2 nitrogen and oxygen atoms in total. The summed E-state index contributed by atoms with van der Waals surface area (Å²) >= 11 is 0. The lowest BCUT2D eigenvalue weighted by molar-refractivity contribution is -0.138. The number of alkyl halides is 6. The molecule has 0 spiro atoms. The second-order valence-electron chi connectivity index (χ2n) is 9.51. The van der Waals surface area contributed by atoms with E-state index in [-0.39, 0.29) is 0 Å². The van der Waals surface area contributed by atoms with Crippen LogP contribution in [0.15, 0.2) is 109 Å². The Morgan fingerprint density at radius 1 is 0.450 bits per heavy atom. The summed E-state index contributed by atoms with van der Waals surface area (Å²) in [5.74, 6) is 0. The second kappa shape index (κ2) is 11.0. The number of hydrogen-bond donors (Lipinski definition) is 2. The summed E-state index contributed by atoms with van der Waals surface area (Å²) in [7, 11) is 0. The van der Waals surface area contributed by atoms with Gasteiger partial charge in [0.2, 0.25) is 0 Å². The van der Waals surface area contributed by atoms with Crippen molar-refractivity contribution in [2.45, 2.75) is 25.2 Å². The van der Waals surface area contributed by atoms with Crippen molar-refractivity contribution in [3.05, 3.63) is 143 Å². The van der Waals surface area contributed by atoms with Gasteiger partial charge in [-0.05, 0) is 70.4 Å². The molecule has 8 heteroatoms. The highest BCUT2D eigenvalue weighted by Crippen LogP contribution is 2.30. The van der Waals surface area contributed by atoms with Gasteiger partial charge in [-0.1, -0.05) is 60.7 Å². The minimum Gasteiger partial charge on any atom is -0.358 e. The molecule has 0 aliphatic rings. The highest BCUT2D eigenvalue weighted by Gasteiger charge is 2.30. The molecule has 0 atom stereocenters. The Morgan fingerprint density at radius 3 is 1.12 bits per heavy atom. The topological polar surface area (TPSA) is 31.6 Å². The number of aromatic amines is 2. The average molecular weight is 551 g/mol. The van der Waals surface area contributed by atoms with Crippen molar-refractivity contribution >= 4 is 21.8 Å². The lowest BCUT2D eigenvalue weighted by atomic mass is 10.1. The fourth-order valence-corrected chi connectivity index (χ4v) is 4.52. The number of fused-ring (bicyclic) bond motifs is 2. The molecule has 6 aromatic rings. The molecular weight excluding hydrogens is 526 g/mol. The van der Waals surface area contributed by atoms with Crippen LogP contribution in [0.1, 0.15) is 33.6 Å². The molecule has 0 bridgehead atoms. The van der Waals surface area contributed by atoms with Crippen LogP contribution in [-0.4, -0.2) is 9.97 Å². The van der Waals surface area contributed by atoms with Gasteiger partial charge in [0.05, 0.1) is 11.1 Å². The molecule has 0 aliphatic carbocycles. The summed E-state index contributed by atoms with van der Waals surface area (Å²) in [5, 5.41) is 2.21. The van der Waals surface area contributed by atoms with E-state index in [4.69, 9.17) is 0 Å². The summed E-state index contributed by atoms with van der Waals surface area (Å²) < 4.78 is 74.9. The number of aromatic nitrogens is 2. The first-order valence-electron chi connectivity index (χ1n) is 12.5. The lowest BCUT2D eigenvalue weighted by Gasteiger charge is -2.07. The summed E-state index contributed by atoms with van der Waals surface area (Å²) in [6.07, 6.45) is -7.38. The third-order valence-electron chi connectivity index (χ3n) is 6.52. The Morgan fingerprint density at radius 2 is 0.800 bits per heavy atom. The van der Waals surface area contributed by atoms with E-state index in [0.29, 0.717) is 12.8 Å². The zero-order chi connectivity index (χ0) is 28.3. The molecule has 0 fully saturated rings. The molecule has 2 aromatic heterocycles.